The summed E-state index contributed by atoms with van der Waals surface area (Å²) in [6, 6.07) is 2.80. The van der Waals surface area contributed by atoms with Gasteiger partial charge in [0.15, 0.2) is 0 Å². The Morgan fingerprint density at radius 3 is 2.35 bits per heavy atom. The Hall–Kier alpha value is -1.01. The van der Waals surface area contributed by atoms with Gasteiger partial charge in [0.2, 0.25) is 0 Å². The van der Waals surface area contributed by atoms with Gasteiger partial charge in [-0.3, -0.25) is 0 Å². The fourth-order valence-electron chi connectivity index (χ4n) is 1.64. The van der Waals surface area contributed by atoms with Crippen molar-refractivity contribution in [3.05, 3.63) is 23.9 Å². The quantitative estimate of drug-likeness (QED) is 0.865. The largest absolute Gasteiger partial charge is 0.417 e. The summed E-state index contributed by atoms with van der Waals surface area (Å²) in [7, 11) is 0. The molecule has 0 saturated heterocycles. The standard InChI is InChI=1S/C10H12F3N3.ClH/c11-10(12,13)6-1-2-9(15-5-6)16-8-3-7(14)4-8;/h1-2,5,7-8H,3-4,14H2,(H,15,16);1H/t7-,8-;. The SMILES string of the molecule is Cl.N[C@H]1C[C@H](Nc2ccc(C(F)(F)F)cn2)C1. The second-order valence-electron chi connectivity index (χ2n) is 4.00. The topological polar surface area (TPSA) is 50.9 Å². The van der Waals surface area contributed by atoms with E-state index in [2.05, 4.69) is 10.3 Å². The Labute approximate surface area is 103 Å². The number of nitrogens with two attached hydrogens (primary N) is 1. The van der Waals surface area contributed by atoms with Gasteiger partial charge in [0.05, 0.1) is 5.56 Å². The molecular weight excluding hydrogens is 255 g/mol. The first kappa shape index (κ1) is 14.1. The van der Waals surface area contributed by atoms with E-state index >= 15 is 0 Å². The Morgan fingerprint density at radius 2 is 1.94 bits per heavy atom. The molecule has 1 aliphatic carbocycles. The fraction of sp³-hybridized carbons (Fsp3) is 0.500. The van der Waals surface area contributed by atoms with Crippen LogP contribution in [0.25, 0.3) is 0 Å². The molecule has 3 N–H and O–H groups in total. The normalized spacial score (nSPS) is 23.5. The Morgan fingerprint density at radius 1 is 1.29 bits per heavy atom. The maximum Gasteiger partial charge on any atom is 0.417 e. The van der Waals surface area contributed by atoms with Gasteiger partial charge in [-0.15, -0.1) is 12.4 Å². The zero-order valence-electron chi connectivity index (χ0n) is 8.87. The average Bonchev–Trinajstić information content (AvgIpc) is 2.15. The van der Waals surface area contributed by atoms with E-state index < -0.39 is 11.7 Å². The molecule has 1 aliphatic rings. The van der Waals surface area contributed by atoms with Crippen LogP contribution in [-0.2, 0) is 6.18 Å². The summed E-state index contributed by atoms with van der Waals surface area (Å²) in [6.07, 6.45) is -1.82. The number of pyridine rings is 1. The molecule has 96 valence electrons. The lowest BCUT2D eigenvalue weighted by Gasteiger charge is -2.33. The highest BCUT2D eigenvalue weighted by molar-refractivity contribution is 5.85. The number of nitrogens with one attached hydrogen (secondary N) is 1. The predicted octanol–water partition coefficient (Wildman–Crippen LogP) is 2.42. The minimum absolute atomic E-state index is 0. The number of hydrogen-bond acceptors (Lipinski definition) is 3. The van der Waals surface area contributed by atoms with E-state index in [4.69, 9.17) is 5.73 Å². The van der Waals surface area contributed by atoms with E-state index in [0.29, 0.717) is 5.82 Å². The summed E-state index contributed by atoms with van der Waals surface area (Å²) in [5.41, 5.74) is 4.86. The number of aromatic nitrogens is 1. The summed E-state index contributed by atoms with van der Waals surface area (Å²) >= 11 is 0. The van der Waals surface area contributed by atoms with Crippen molar-refractivity contribution in [2.45, 2.75) is 31.1 Å². The lowest BCUT2D eigenvalue weighted by atomic mass is 9.88. The number of anilines is 1. The minimum atomic E-state index is -4.33. The first-order chi connectivity index (χ1) is 7.45. The Kier molecular flexibility index (Phi) is 4.21. The van der Waals surface area contributed by atoms with Gasteiger partial charge in [-0.1, -0.05) is 0 Å². The molecule has 0 unspecified atom stereocenters. The summed E-state index contributed by atoms with van der Waals surface area (Å²) in [4.78, 5) is 3.72. The summed E-state index contributed by atoms with van der Waals surface area (Å²) in [6.45, 7) is 0. The van der Waals surface area contributed by atoms with E-state index in [1.807, 2.05) is 0 Å². The van der Waals surface area contributed by atoms with Gasteiger partial charge in [-0.25, -0.2) is 4.98 Å². The lowest BCUT2D eigenvalue weighted by Crippen LogP contribution is -2.44. The Bertz CT molecular complexity index is 360. The van der Waals surface area contributed by atoms with Crippen LogP contribution in [0.5, 0.6) is 0 Å². The molecule has 0 aliphatic heterocycles. The second-order valence-corrected chi connectivity index (χ2v) is 4.00. The molecule has 3 nitrogen and oxygen atoms in total. The van der Waals surface area contributed by atoms with E-state index in [1.54, 1.807) is 0 Å². The molecule has 0 spiro atoms. The van der Waals surface area contributed by atoms with Gasteiger partial charge in [-0.05, 0) is 25.0 Å². The molecule has 0 amide bonds. The molecule has 0 radical (unpaired) electrons. The van der Waals surface area contributed by atoms with Crippen LogP contribution in [0.3, 0.4) is 0 Å². The number of nitrogens with zero attached hydrogens (tertiary/aromatic N) is 1. The second kappa shape index (κ2) is 5.10. The van der Waals surface area contributed by atoms with E-state index in [9.17, 15) is 13.2 Å². The van der Waals surface area contributed by atoms with E-state index in [-0.39, 0.29) is 24.5 Å². The number of rotatable bonds is 2. The van der Waals surface area contributed by atoms with Crippen molar-refractivity contribution in [1.29, 1.82) is 0 Å². The molecule has 1 aromatic rings. The molecule has 1 fully saturated rings. The average molecular weight is 268 g/mol. The number of hydrogen-bond donors (Lipinski definition) is 2. The van der Waals surface area contributed by atoms with Crippen LogP contribution in [-0.4, -0.2) is 17.1 Å². The van der Waals surface area contributed by atoms with Crippen molar-refractivity contribution < 1.29 is 13.2 Å². The molecule has 0 bridgehead atoms. The zero-order chi connectivity index (χ0) is 11.8. The highest BCUT2D eigenvalue weighted by atomic mass is 35.5. The smallest absolute Gasteiger partial charge is 0.367 e. The monoisotopic (exact) mass is 267 g/mol. The van der Waals surface area contributed by atoms with Crippen LogP contribution >= 0.6 is 12.4 Å². The Balaban J connectivity index is 0.00000144. The van der Waals surface area contributed by atoms with Crippen molar-refractivity contribution >= 4 is 18.2 Å². The minimum Gasteiger partial charge on any atom is -0.367 e. The van der Waals surface area contributed by atoms with Gasteiger partial charge in [0.25, 0.3) is 0 Å². The maximum atomic E-state index is 12.2. The first-order valence-corrected chi connectivity index (χ1v) is 5.00. The van der Waals surface area contributed by atoms with Crippen molar-refractivity contribution in [2.75, 3.05) is 5.32 Å². The maximum absolute atomic E-state index is 12.2. The molecule has 0 atom stereocenters. The molecule has 17 heavy (non-hydrogen) atoms. The molecule has 2 rings (SSSR count). The highest BCUT2D eigenvalue weighted by Gasteiger charge is 2.31. The van der Waals surface area contributed by atoms with Crippen LogP contribution in [0.1, 0.15) is 18.4 Å². The fourth-order valence-corrected chi connectivity index (χ4v) is 1.64. The third kappa shape index (κ3) is 3.47. The number of alkyl halides is 3. The lowest BCUT2D eigenvalue weighted by molar-refractivity contribution is -0.137. The van der Waals surface area contributed by atoms with E-state index in [1.165, 1.54) is 6.07 Å². The van der Waals surface area contributed by atoms with Crippen molar-refractivity contribution in [3.8, 4) is 0 Å². The van der Waals surface area contributed by atoms with Crippen LogP contribution in [0.4, 0.5) is 19.0 Å². The van der Waals surface area contributed by atoms with Gasteiger partial charge >= 0.3 is 6.18 Å². The van der Waals surface area contributed by atoms with Crippen molar-refractivity contribution in [2.24, 2.45) is 5.73 Å². The molecule has 1 aromatic heterocycles. The third-order valence-corrected chi connectivity index (χ3v) is 2.62. The van der Waals surface area contributed by atoms with Gasteiger partial charge in [0.1, 0.15) is 5.82 Å². The molecular formula is C10H13ClF3N3. The molecule has 0 aromatic carbocycles. The van der Waals surface area contributed by atoms with Crippen LogP contribution < -0.4 is 11.1 Å². The number of halogens is 4. The van der Waals surface area contributed by atoms with Crippen LogP contribution in [0.2, 0.25) is 0 Å². The van der Waals surface area contributed by atoms with Gasteiger partial charge in [0, 0.05) is 18.3 Å². The molecule has 1 saturated carbocycles. The van der Waals surface area contributed by atoms with Gasteiger partial charge in [-0.2, -0.15) is 13.2 Å². The predicted molar refractivity (Wildman–Crippen MR) is 61.1 cm³/mol. The van der Waals surface area contributed by atoms with Gasteiger partial charge < -0.3 is 11.1 Å². The summed E-state index contributed by atoms with van der Waals surface area (Å²) in [5.74, 6) is 0.463. The van der Waals surface area contributed by atoms with Crippen LogP contribution in [0, 0.1) is 0 Å². The van der Waals surface area contributed by atoms with Crippen molar-refractivity contribution in [3.63, 3.8) is 0 Å². The zero-order valence-corrected chi connectivity index (χ0v) is 9.68. The molecule has 7 heteroatoms. The highest BCUT2D eigenvalue weighted by Crippen LogP contribution is 2.29. The third-order valence-electron chi connectivity index (χ3n) is 2.62. The van der Waals surface area contributed by atoms with Crippen molar-refractivity contribution in [1.82, 2.24) is 4.98 Å². The molecule has 1 heterocycles. The summed E-state index contributed by atoms with van der Waals surface area (Å²) in [5, 5.41) is 3.03. The summed E-state index contributed by atoms with van der Waals surface area (Å²) < 4.78 is 36.7. The first-order valence-electron chi connectivity index (χ1n) is 5.00. The van der Waals surface area contributed by atoms with E-state index in [0.717, 1.165) is 25.1 Å². The van der Waals surface area contributed by atoms with Crippen LogP contribution in [0.15, 0.2) is 18.3 Å².